The van der Waals surface area contributed by atoms with Crippen LogP contribution in [0.3, 0.4) is 0 Å². The molecule has 3 rings (SSSR count). The molecule has 7 nitrogen and oxygen atoms in total. The molecule has 1 amide bonds. The number of likely N-dealkylation sites (tertiary alicyclic amines) is 1. The number of nitrogens with zero attached hydrogens (tertiary/aromatic N) is 2. The predicted octanol–water partition coefficient (Wildman–Crippen LogP) is 2.25. The third-order valence-electron chi connectivity index (χ3n) is 5.94. The van der Waals surface area contributed by atoms with Crippen LogP contribution in [0.5, 0.6) is 0 Å². The van der Waals surface area contributed by atoms with Gasteiger partial charge in [0.05, 0.1) is 22.2 Å². The van der Waals surface area contributed by atoms with Crippen molar-refractivity contribution in [1.82, 2.24) is 10.2 Å². The number of aliphatic carboxylic acids is 1. The zero-order valence-electron chi connectivity index (χ0n) is 16.5. The van der Waals surface area contributed by atoms with Crippen LogP contribution in [0.25, 0.3) is 0 Å². The topological polar surface area (TPSA) is 108 Å². The van der Waals surface area contributed by atoms with E-state index in [1.54, 1.807) is 0 Å². The number of halogens is 2. The molecule has 1 atom stereocenters. The number of piperidine rings is 2. The zero-order chi connectivity index (χ0) is 18.9. The molecular formula is C18H32Br2N4O3S. The maximum Gasteiger partial charge on any atom is 0.317 e. The highest BCUT2D eigenvalue weighted by Crippen LogP contribution is 2.66. The van der Waals surface area contributed by atoms with Crippen molar-refractivity contribution < 1.29 is 14.7 Å². The third-order valence-corrected chi connectivity index (χ3v) is 10.4. The summed E-state index contributed by atoms with van der Waals surface area (Å²) >= 11 is 0. The quantitative estimate of drug-likeness (QED) is 0.493. The monoisotopic (exact) mass is 542 g/mol. The van der Waals surface area contributed by atoms with Crippen LogP contribution in [0.15, 0.2) is 15.6 Å². The fourth-order valence-corrected chi connectivity index (χ4v) is 9.05. The normalized spacial score (nSPS) is 29.3. The van der Waals surface area contributed by atoms with E-state index in [0.717, 1.165) is 62.5 Å². The number of hydrogen-bond donors (Lipinski definition) is 3. The zero-order valence-corrected chi connectivity index (χ0v) is 20.7. The molecule has 0 aromatic carbocycles. The van der Waals surface area contributed by atoms with Gasteiger partial charge in [-0.1, -0.05) is 0 Å². The summed E-state index contributed by atoms with van der Waals surface area (Å²) in [4.78, 5) is 30.9. The summed E-state index contributed by atoms with van der Waals surface area (Å²) in [6, 6.07) is 0. The van der Waals surface area contributed by atoms with Gasteiger partial charge in [0.2, 0.25) is 0 Å². The molecule has 2 fully saturated rings. The highest BCUT2D eigenvalue weighted by atomic mass is 79.9. The average Bonchev–Trinajstić information content (AvgIpc) is 2.87. The second kappa shape index (κ2) is 10.6. The molecule has 3 aliphatic rings. The number of nitrogens with one attached hydrogen (secondary N) is 1. The lowest BCUT2D eigenvalue weighted by Gasteiger charge is -2.48. The lowest BCUT2D eigenvalue weighted by molar-refractivity contribution is -0.138. The van der Waals surface area contributed by atoms with Crippen molar-refractivity contribution in [3.8, 4) is 0 Å². The molecule has 28 heavy (non-hydrogen) atoms. The Kier molecular flexibility index (Phi) is 9.66. The second-order valence-corrected chi connectivity index (χ2v) is 11.1. The van der Waals surface area contributed by atoms with Crippen molar-refractivity contribution in [2.45, 2.75) is 37.9 Å². The van der Waals surface area contributed by atoms with E-state index in [2.05, 4.69) is 11.6 Å². The summed E-state index contributed by atoms with van der Waals surface area (Å²) in [5.74, 6) is -0.700. The van der Waals surface area contributed by atoms with E-state index < -0.39 is 16.0 Å². The van der Waals surface area contributed by atoms with Crippen LogP contribution in [0.4, 0.5) is 0 Å². The van der Waals surface area contributed by atoms with Gasteiger partial charge in [0, 0.05) is 11.2 Å². The summed E-state index contributed by atoms with van der Waals surface area (Å²) in [5.41, 5.74) is 6.61. The largest absolute Gasteiger partial charge is 0.480 e. The van der Waals surface area contributed by atoms with Gasteiger partial charge in [-0.2, -0.15) is 10.0 Å². The van der Waals surface area contributed by atoms with Crippen LogP contribution >= 0.6 is 44.0 Å². The first kappa shape index (κ1) is 25.6. The van der Waals surface area contributed by atoms with E-state index in [0.29, 0.717) is 11.2 Å². The first-order chi connectivity index (χ1) is 12.3. The fourth-order valence-electron chi connectivity index (χ4n) is 4.68. The van der Waals surface area contributed by atoms with E-state index in [9.17, 15) is 9.59 Å². The Morgan fingerprint density at radius 3 is 2.29 bits per heavy atom. The van der Waals surface area contributed by atoms with E-state index >= 15 is 0 Å². The van der Waals surface area contributed by atoms with Gasteiger partial charge in [0.25, 0.3) is 5.91 Å². The smallest absolute Gasteiger partial charge is 0.317 e. The molecule has 4 N–H and O–H groups in total. The van der Waals surface area contributed by atoms with Gasteiger partial charge >= 0.3 is 5.97 Å². The molecule has 1 unspecified atom stereocenters. The number of nitrogens with two attached hydrogens (primary N) is 1. The third kappa shape index (κ3) is 5.00. The summed E-state index contributed by atoms with van der Waals surface area (Å²) in [7, 11) is -1.53. The molecule has 0 spiro atoms. The van der Waals surface area contributed by atoms with E-state index in [4.69, 9.17) is 15.8 Å². The summed E-state index contributed by atoms with van der Waals surface area (Å²) in [5, 5.41) is 14.0. The summed E-state index contributed by atoms with van der Waals surface area (Å²) in [6.07, 6.45) is 6.12. The summed E-state index contributed by atoms with van der Waals surface area (Å²) in [6.45, 7) is 5.49. The first-order valence-corrected chi connectivity index (χ1v) is 11.5. The van der Waals surface area contributed by atoms with Gasteiger partial charge in [0.1, 0.15) is 0 Å². The number of aliphatic imine (C=N–C) groups is 1. The van der Waals surface area contributed by atoms with Gasteiger partial charge in [-0.3, -0.25) is 19.5 Å². The number of carbonyl (C=O) groups excluding carboxylic acids is 1. The Balaban J connectivity index is 0.00000196. The molecule has 162 valence electrons. The number of carboxylic acid groups (broad SMARTS) is 1. The molecule has 0 radical (unpaired) electrons. The molecular weight excluding hydrogens is 512 g/mol. The Morgan fingerprint density at radius 1 is 1.21 bits per heavy atom. The highest BCUT2D eigenvalue weighted by molar-refractivity contribution is 8.93. The molecule has 3 aliphatic heterocycles. The Morgan fingerprint density at radius 2 is 1.79 bits per heavy atom. The molecule has 0 aromatic heterocycles. The minimum atomic E-state index is -1.53. The summed E-state index contributed by atoms with van der Waals surface area (Å²) < 4.78 is 0. The lowest BCUT2D eigenvalue weighted by Crippen LogP contribution is -2.43. The van der Waals surface area contributed by atoms with Crippen LogP contribution < -0.4 is 11.1 Å². The predicted molar refractivity (Wildman–Crippen MR) is 126 cm³/mol. The Labute approximate surface area is 189 Å². The van der Waals surface area contributed by atoms with Crippen LogP contribution in [-0.4, -0.2) is 71.2 Å². The van der Waals surface area contributed by atoms with Crippen LogP contribution in [0.1, 0.15) is 32.6 Å². The van der Waals surface area contributed by atoms with Gasteiger partial charge in [0.15, 0.2) is 0 Å². The van der Waals surface area contributed by atoms with Crippen molar-refractivity contribution in [1.29, 1.82) is 0 Å². The van der Waals surface area contributed by atoms with Crippen LogP contribution in [0, 0.1) is 5.92 Å². The molecule has 10 heteroatoms. The Bertz CT molecular complexity index is 659. The minimum absolute atomic E-state index is 0. The fraction of sp³-hybridized carbons (Fsp3) is 0.722. The van der Waals surface area contributed by atoms with Gasteiger partial charge < -0.3 is 16.2 Å². The van der Waals surface area contributed by atoms with Crippen molar-refractivity contribution in [2.24, 2.45) is 16.6 Å². The van der Waals surface area contributed by atoms with Crippen LogP contribution in [-0.2, 0) is 9.59 Å². The number of amides is 1. The Hall–Kier alpha value is -0.420. The van der Waals surface area contributed by atoms with E-state index in [1.807, 2.05) is 11.8 Å². The molecule has 0 saturated carbocycles. The molecule has 3 heterocycles. The maximum absolute atomic E-state index is 12.3. The standard InChI is InChI=1S/C18H30N4O3S.2BrH/c1-12-16(17(19)25)26(2,18(21-12)13-3-7-20-8-4-13)14-5-9-22(10-6-14)11-15(23)24;;/h13-14,20H,3-11H2,1-2H3,(H2,19,25)(H,23,24);2*1H. The molecule has 0 aliphatic carbocycles. The number of carbonyl (C=O) groups is 2. The van der Waals surface area contributed by atoms with E-state index in [1.165, 1.54) is 5.04 Å². The highest BCUT2D eigenvalue weighted by Gasteiger charge is 2.47. The number of rotatable bonds is 5. The second-order valence-electron chi connectivity index (χ2n) is 7.60. The SMILES string of the molecule is Br.Br.CC1=C(C(N)=O)S(C)(C2CCN(CC(=O)O)CC2)C(C2CCNCC2)=N1. The van der Waals surface area contributed by atoms with Crippen LogP contribution in [0.2, 0.25) is 0 Å². The van der Waals surface area contributed by atoms with E-state index in [-0.39, 0.29) is 46.4 Å². The number of primary amides is 1. The maximum atomic E-state index is 12.3. The average molecular weight is 544 g/mol. The molecule has 2 saturated heterocycles. The number of carboxylic acids is 1. The number of allylic oxidation sites excluding steroid dienone is 1. The lowest BCUT2D eigenvalue weighted by atomic mass is 9.99. The van der Waals surface area contributed by atoms with Crippen molar-refractivity contribution >= 4 is 60.9 Å². The minimum Gasteiger partial charge on any atom is -0.480 e. The van der Waals surface area contributed by atoms with Crippen molar-refractivity contribution in [2.75, 3.05) is 39.0 Å². The molecule has 0 aromatic rings. The van der Waals surface area contributed by atoms with Gasteiger partial charge in [-0.25, -0.2) is 0 Å². The van der Waals surface area contributed by atoms with Gasteiger partial charge in [-0.15, -0.1) is 34.0 Å². The first-order valence-electron chi connectivity index (χ1n) is 9.35. The number of hydrogen-bond acceptors (Lipinski definition) is 5. The van der Waals surface area contributed by atoms with Crippen molar-refractivity contribution in [3.63, 3.8) is 0 Å². The molecule has 0 bridgehead atoms. The van der Waals surface area contributed by atoms with Crippen molar-refractivity contribution in [3.05, 3.63) is 10.6 Å². The van der Waals surface area contributed by atoms with Gasteiger partial charge in [-0.05, 0) is 65.0 Å².